The number of carbonyl (C=O) groups excluding carboxylic acids is 6. The molecule has 6 amide bonds. The third-order valence-corrected chi connectivity index (χ3v) is 14.7. The highest BCUT2D eigenvalue weighted by Crippen LogP contribution is 2.48. The number of methoxy groups -OCH3 is 1. The van der Waals surface area contributed by atoms with Gasteiger partial charge in [-0.15, -0.1) is 10.2 Å². The van der Waals surface area contributed by atoms with Crippen LogP contribution < -0.4 is 40.5 Å². The zero-order valence-corrected chi connectivity index (χ0v) is 41.0. The number of fused-ring (bicyclic) bond motifs is 2. The van der Waals surface area contributed by atoms with E-state index in [0.29, 0.717) is 94.0 Å². The Balaban J connectivity index is 0.646. The molecule has 20 nitrogen and oxygen atoms in total. The molecule has 4 aromatic carbocycles. The van der Waals surface area contributed by atoms with Crippen LogP contribution in [0.5, 0.6) is 17.2 Å². The highest BCUT2D eigenvalue weighted by atomic mass is 19.1. The number of anilines is 5. The monoisotopic (exact) mass is 1020 g/mol. The maximum Gasteiger partial charge on any atom is 0.277 e. The number of pyridine rings is 1. The molecular formula is C54H53FN12O8. The Morgan fingerprint density at radius 2 is 1.45 bits per heavy atom. The highest BCUT2D eigenvalue weighted by Gasteiger charge is 2.56. The van der Waals surface area contributed by atoms with Crippen LogP contribution >= 0.6 is 0 Å². The van der Waals surface area contributed by atoms with Gasteiger partial charge in [-0.2, -0.15) is 0 Å². The Kier molecular flexibility index (Phi) is 13.2. The van der Waals surface area contributed by atoms with Crippen LogP contribution in [0.25, 0.3) is 10.9 Å². The summed E-state index contributed by atoms with van der Waals surface area (Å²) < 4.78 is 25.3. The number of benzene rings is 4. The molecule has 75 heavy (non-hydrogen) atoms. The molecule has 6 heterocycles. The molecule has 1 atom stereocenters. The minimum atomic E-state index is -1.21. The van der Waals surface area contributed by atoms with Crippen LogP contribution in [0.1, 0.15) is 69.7 Å². The molecule has 0 spiro atoms. The van der Waals surface area contributed by atoms with Gasteiger partial charge < -0.3 is 40.5 Å². The molecule has 1 saturated carbocycles. The lowest BCUT2D eigenvalue weighted by molar-refractivity contribution is -0.131. The molecule has 6 aromatic rings. The zero-order chi connectivity index (χ0) is 51.8. The van der Waals surface area contributed by atoms with Crippen LogP contribution in [-0.4, -0.2) is 131 Å². The van der Waals surface area contributed by atoms with Gasteiger partial charge in [0, 0.05) is 81.0 Å². The van der Waals surface area contributed by atoms with Gasteiger partial charge in [0.15, 0.2) is 5.69 Å². The maximum atomic E-state index is 13.5. The molecule has 21 heteroatoms. The SMILES string of the molecule is COc1cc2c(Oc3ccc(NC(=O)C4(C(=O)Nc5ccc(F)cc5)CC4)cc3)ccnc2cc1NC(=O)c1cnc(N2CCC(CN3CCN(c4ccc5c(c4)C(=O)N(C4CCCNC4=O)C5=O)CC3)CC2)nn1. The third kappa shape index (κ3) is 9.97. The van der Waals surface area contributed by atoms with E-state index in [9.17, 15) is 33.2 Å². The fourth-order valence-electron chi connectivity index (χ4n) is 10.3. The van der Waals surface area contributed by atoms with Gasteiger partial charge in [0.2, 0.25) is 23.7 Å². The minimum absolute atomic E-state index is 0.0237. The second kappa shape index (κ2) is 20.4. The van der Waals surface area contributed by atoms with E-state index in [4.69, 9.17) is 9.47 Å². The molecule has 0 bridgehead atoms. The van der Waals surface area contributed by atoms with Crippen molar-refractivity contribution in [2.45, 2.75) is 44.6 Å². The number of rotatable bonds is 14. The summed E-state index contributed by atoms with van der Waals surface area (Å²) >= 11 is 0. The van der Waals surface area contributed by atoms with E-state index in [1.807, 2.05) is 6.07 Å². The van der Waals surface area contributed by atoms with Crippen LogP contribution in [-0.2, 0) is 14.4 Å². The number of piperidine rings is 2. The Labute approximate surface area is 430 Å². The van der Waals surface area contributed by atoms with Gasteiger partial charge in [-0.25, -0.2) is 9.37 Å². The van der Waals surface area contributed by atoms with Crippen LogP contribution in [0.2, 0.25) is 0 Å². The van der Waals surface area contributed by atoms with Crippen molar-refractivity contribution < 1.29 is 42.6 Å². The first-order chi connectivity index (χ1) is 36.4. The van der Waals surface area contributed by atoms with E-state index in [-0.39, 0.29) is 11.6 Å². The second-order valence-corrected chi connectivity index (χ2v) is 19.5. The van der Waals surface area contributed by atoms with Crippen LogP contribution in [0.15, 0.2) is 97.3 Å². The molecule has 3 saturated heterocycles. The molecule has 4 N–H and O–H groups in total. The second-order valence-electron chi connectivity index (χ2n) is 19.5. The van der Waals surface area contributed by atoms with Gasteiger partial charge in [0.05, 0.1) is 35.6 Å². The number of carbonyl (C=O) groups is 6. The number of nitrogens with zero attached hydrogens (tertiary/aromatic N) is 8. The van der Waals surface area contributed by atoms with Crippen molar-refractivity contribution in [2.75, 3.05) is 85.2 Å². The fraction of sp³-hybridized carbons (Fsp3) is 0.333. The predicted molar refractivity (Wildman–Crippen MR) is 274 cm³/mol. The molecule has 1 unspecified atom stereocenters. The number of imide groups is 1. The quantitative estimate of drug-likeness (QED) is 0.0737. The molecule has 4 fully saturated rings. The van der Waals surface area contributed by atoms with E-state index in [0.717, 1.165) is 75.7 Å². The number of piperazine rings is 1. The lowest BCUT2D eigenvalue weighted by Gasteiger charge is -2.39. The van der Waals surface area contributed by atoms with E-state index in [2.05, 4.69) is 56.1 Å². The van der Waals surface area contributed by atoms with E-state index < -0.39 is 46.8 Å². The maximum absolute atomic E-state index is 13.5. The van der Waals surface area contributed by atoms with Gasteiger partial charge in [0.1, 0.15) is 34.5 Å². The largest absolute Gasteiger partial charge is 0.495 e. The van der Waals surface area contributed by atoms with Crippen molar-refractivity contribution in [3.63, 3.8) is 0 Å². The van der Waals surface area contributed by atoms with Crippen molar-refractivity contribution in [3.8, 4) is 17.2 Å². The summed E-state index contributed by atoms with van der Waals surface area (Å²) in [5.41, 5.74) is 2.17. The summed E-state index contributed by atoms with van der Waals surface area (Å²) in [5.74, 6) is -0.709. The number of hydrogen-bond acceptors (Lipinski definition) is 15. The van der Waals surface area contributed by atoms with Gasteiger partial charge in [-0.3, -0.25) is 43.6 Å². The van der Waals surface area contributed by atoms with E-state index in [1.54, 1.807) is 60.8 Å². The molecule has 4 aliphatic heterocycles. The molecule has 1 aliphatic carbocycles. The number of amides is 6. The van der Waals surface area contributed by atoms with Crippen molar-refractivity contribution in [1.29, 1.82) is 0 Å². The first-order valence-corrected chi connectivity index (χ1v) is 25.1. The Hall–Kier alpha value is -8.59. The number of nitrogens with one attached hydrogen (secondary N) is 4. The summed E-state index contributed by atoms with van der Waals surface area (Å²) in [7, 11) is 1.49. The van der Waals surface area contributed by atoms with Crippen LogP contribution in [0.4, 0.5) is 33.1 Å². The molecule has 11 rings (SSSR count). The van der Waals surface area contributed by atoms with Crippen molar-refractivity contribution >= 4 is 75.0 Å². The fourth-order valence-corrected chi connectivity index (χ4v) is 10.3. The standard InChI is InChI=1S/C54H53FN12O8/c1-74-46-28-40-41(56-20-14-45(40)75-37-11-8-35(9-12-37)60-52(73)54(17-18-54)51(72)59-34-6-4-33(55)5-7-34)29-42(46)61-47(68)43-30-58-53(63-62-43)66-21-15-32(16-22-66)31-64-23-25-65(26-24-64)36-10-13-38-39(27-36)50(71)67(49(38)70)44-3-2-19-57-48(44)69/h4-14,20,27-30,32,44H,2-3,15-19,21-26,31H2,1H3,(H,57,69)(H,59,72)(H,60,73)(H,61,68). The summed E-state index contributed by atoms with van der Waals surface area (Å²) in [4.78, 5) is 95.7. The van der Waals surface area contributed by atoms with Gasteiger partial charge in [-0.05, 0) is 129 Å². The summed E-state index contributed by atoms with van der Waals surface area (Å²) in [6, 6.07) is 21.8. The average molecular weight is 1020 g/mol. The smallest absolute Gasteiger partial charge is 0.277 e. The van der Waals surface area contributed by atoms with Gasteiger partial charge >= 0.3 is 0 Å². The Morgan fingerprint density at radius 3 is 2.12 bits per heavy atom. The highest BCUT2D eigenvalue weighted by molar-refractivity contribution is 6.23. The Bertz CT molecular complexity index is 3210. The first kappa shape index (κ1) is 48.7. The number of aromatic nitrogens is 4. The van der Waals surface area contributed by atoms with Crippen LogP contribution in [0, 0.1) is 17.2 Å². The topological polar surface area (TPSA) is 234 Å². The molecule has 5 aliphatic rings. The first-order valence-electron chi connectivity index (χ1n) is 25.1. The third-order valence-electron chi connectivity index (χ3n) is 14.7. The number of ether oxygens (including phenoxy) is 2. The molecule has 0 radical (unpaired) electrons. The normalized spacial score (nSPS) is 18.6. The molecule has 2 aromatic heterocycles. The van der Waals surface area contributed by atoms with E-state index >= 15 is 0 Å². The summed E-state index contributed by atoms with van der Waals surface area (Å²) in [6.45, 7) is 6.31. The summed E-state index contributed by atoms with van der Waals surface area (Å²) in [5, 5.41) is 20.3. The lowest BCUT2D eigenvalue weighted by Crippen LogP contribution is -2.52. The molecule has 384 valence electrons. The zero-order valence-electron chi connectivity index (χ0n) is 41.0. The predicted octanol–water partition coefficient (Wildman–Crippen LogP) is 5.88. The van der Waals surface area contributed by atoms with Crippen LogP contribution in [0.3, 0.4) is 0 Å². The van der Waals surface area contributed by atoms with E-state index in [1.165, 1.54) is 37.6 Å². The lowest BCUT2D eigenvalue weighted by atomic mass is 9.96. The van der Waals surface area contributed by atoms with Gasteiger partial charge in [-0.1, -0.05) is 0 Å². The molecular weight excluding hydrogens is 964 g/mol. The van der Waals surface area contributed by atoms with Crippen molar-refractivity contribution in [2.24, 2.45) is 11.3 Å². The number of halogens is 1. The number of hydrogen-bond donors (Lipinski definition) is 4. The minimum Gasteiger partial charge on any atom is -0.495 e. The van der Waals surface area contributed by atoms with Crippen molar-refractivity contribution in [1.82, 2.24) is 35.3 Å². The van der Waals surface area contributed by atoms with Crippen molar-refractivity contribution in [3.05, 3.63) is 120 Å². The van der Waals surface area contributed by atoms with Gasteiger partial charge in [0.25, 0.3) is 17.7 Å². The average Bonchev–Trinajstić information content (AvgIpc) is 4.22. The Morgan fingerprint density at radius 1 is 0.747 bits per heavy atom. The summed E-state index contributed by atoms with van der Waals surface area (Å²) in [6.07, 6.45) is 6.87.